The van der Waals surface area contributed by atoms with Gasteiger partial charge in [0.15, 0.2) is 0 Å². The van der Waals surface area contributed by atoms with Gasteiger partial charge >= 0.3 is 0 Å². The molecule has 7 nitrogen and oxygen atoms in total. The third kappa shape index (κ3) is 4.89. The predicted octanol–water partition coefficient (Wildman–Crippen LogP) is 2.72. The van der Waals surface area contributed by atoms with E-state index in [1.54, 1.807) is 28.0 Å². The number of carbonyl (C=O) groups excluding carboxylic acids is 3. The van der Waals surface area contributed by atoms with E-state index in [-0.39, 0.29) is 23.6 Å². The zero-order chi connectivity index (χ0) is 21.7. The van der Waals surface area contributed by atoms with E-state index in [0.717, 1.165) is 12.8 Å². The molecule has 8 heteroatoms. The van der Waals surface area contributed by atoms with Crippen molar-refractivity contribution in [2.75, 3.05) is 33.3 Å². The van der Waals surface area contributed by atoms with Crippen LogP contribution in [0.25, 0.3) is 0 Å². The molecule has 30 heavy (non-hydrogen) atoms. The molecule has 0 aromatic heterocycles. The highest BCUT2D eigenvalue weighted by molar-refractivity contribution is 6.31. The van der Waals surface area contributed by atoms with Gasteiger partial charge in [-0.2, -0.15) is 0 Å². The van der Waals surface area contributed by atoms with Gasteiger partial charge in [-0.15, -0.1) is 0 Å². The van der Waals surface area contributed by atoms with Crippen molar-refractivity contribution in [1.29, 1.82) is 0 Å². The number of methoxy groups -OCH3 is 1. The van der Waals surface area contributed by atoms with Crippen LogP contribution in [-0.4, -0.2) is 66.9 Å². The smallest absolute Gasteiger partial charge is 0.258 e. The second-order valence-corrected chi connectivity index (χ2v) is 8.33. The number of piperidine rings is 1. The number of hydrogen-bond acceptors (Lipinski definition) is 4. The number of nitrogens with zero attached hydrogens (tertiary/aromatic N) is 2. The van der Waals surface area contributed by atoms with Gasteiger partial charge < -0.3 is 19.9 Å². The van der Waals surface area contributed by atoms with Crippen LogP contribution in [0.3, 0.4) is 0 Å². The van der Waals surface area contributed by atoms with E-state index in [0.29, 0.717) is 61.8 Å². The van der Waals surface area contributed by atoms with Crippen LogP contribution in [0, 0.1) is 5.92 Å². The Morgan fingerprint density at radius 3 is 2.57 bits per heavy atom. The number of rotatable bonds is 6. The topological polar surface area (TPSA) is 79.0 Å². The number of amides is 3. The van der Waals surface area contributed by atoms with Crippen LogP contribution in [0.1, 0.15) is 49.4 Å². The maximum absolute atomic E-state index is 13.2. The molecule has 0 radical (unpaired) electrons. The van der Waals surface area contributed by atoms with E-state index in [9.17, 15) is 14.4 Å². The quantitative estimate of drug-likeness (QED) is 0.745. The minimum atomic E-state index is -0.480. The van der Waals surface area contributed by atoms with Crippen LogP contribution in [0.15, 0.2) is 18.2 Å². The van der Waals surface area contributed by atoms with Crippen molar-refractivity contribution in [3.8, 4) is 5.75 Å². The fraction of sp³-hybridized carbons (Fsp3) is 0.591. The molecule has 2 saturated heterocycles. The summed E-state index contributed by atoms with van der Waals surface area (Å²) < 4.78 is 5.32. The van der Waals surface area contributed by atoms with Crippen LogP contribution >= 0.6 is 11.6 Å². The largest absolute Gasteiger partial charge is 0.496 e. The summed E-state index contributed by atoms with van der Waals surface area (Å²) in [6, 6.07) is 4.44. The lowest BCUT2D eigenvalue weighted by Gasteiger charge is -2.35. The normalized spacial score (nSPS) is 19.6. The van der Waals surface area contributed by atoms with Gasteiger partial charge in [0.1, 0.15) is 11.8 Å². The summed E-state index contributed by atoms with van der Waals surface area (Å²) in [5.41, 5.74) is 0.371. The Morgan fingerprint density at radius 2 is 1.90 bits per heavy atom. The molecule has 0 saturated carbocycles. The van der Waals surface area contributed by atoms with Gasteiger partial charge in [0.05, 0.1) is 12.7 Å². The second-order valence-electron chi connectivity index (χ2n) is 7.89. The lowest BCUT2D eigenvalue weighted by Crippen LogP contribution is -2.51. The number of halogens is 1. The summed E-state index contributed by atoms with van der Waals surface area (Å²) in [6.07, 6.45) is 3.64. The van der Waals surface area contributed by atoms with E-state index in [1.165, 1.54) is 7.11 Å². The Morgan fingerprint density at radius 1 is 1.17 bits per heavy atom. The Kier molecular flexibility index (Phi) is 7.58. The first-order valence-electron chi connectivity index (χ1n) is 10.7. The minimum absolute atomic E-state index is 0.0331. The number of ether oxygens (including phenoxy) is 1. The van der Waals surface area contributed by atoms with Gasteiger partial charge in [-0.25, -0.2) is 0 Å². The Hall–Kier alpha value is -2.28. The van der Waals surface area contributed by atoms with Gasteiger partial charge in [0, 0.05) is 37.1 Å². The minimum Gasteiger partial charge on any atom is -0.496 e. The number of likely N-dealkylation sites (tertiary alicyclic amines) is 2. The first-order chi connectivity index (χ1) is 14.5. The highest BCUT2D eigenvalue weighted by Crippen LogP contribution is 2.29. The maximum atomic E-state index is 13.2. The molecule has 2 heterocycles. The maximum Gasteiger partial charge on any atom is 0.258 e. The SMILES string of the molecule is CCCNC(=O)C1CCN(C(=O)[C@@H]2CCCN2C(=O)c2cc(Cl)ccc2OC)CC1. The molecule has 1 aromatic carbocycles. The molecule has 0 spiro atoms. The first kappa shape index (κ1) is 22.4. The monoisotopic (exact) mass is 435 g/mol. The summed E-state index contributed by atoms with van der Waals surface area (Å²) >= 11 is 6.08. The molecular formula is C22H30ClN3O4. The van der Waals surface area contributed by atoms with E-state index in [1.807, 2.05) is 6.92 Å². The number of nitrogens with one attached hydrogen (secondary N) is 1. The van der Waals surface area contributed by atoms with Crippen molar-refractivity contribution in [3.63, 3.8) is 0 Å². The van der Waals surface area contributed by atoms with Crippen molar-refractivity contribution in [1.82, 2.24) is 15.1 Å². The molecule has 0 aliphatic carbocycles. The van der Waals surface area contributed by atoms with Gasteiger partial charge in [0.25, 0.3) is 5.91 Å². The summed E-state index contributed by atoms with van der Waals surface area (Å²) in [4.78, 5) is 42.0. The molecule has 0 unspecified atom stereocenters. The van der Waals surface area contributed by atoms with Gasteiger partial charge in [-0.1, -0.05) is 18.5 Å². The van der Waals surface area contributed by atoms with Crippen LogP contribution < -0.4 is 10.1 Å². The molecule has 3 rings (SSSR count). The molecule has 1 N–H and O–H groups in total. The molecule has 2 fully saturated rings. The lowest BCUT2D eigenvalue weighted by molar-refractivity contribution is -0.138. The van der Waals surface area contributed by atoms with Crippen molar-refractivity contribution >= 4 is 29.3 Å². The summed E-state index contributed by atoms with van der Waals surface area (Å²) in [6.45, 7) is 4.32. The van der Waals surface area contributed by atoms with Crippen LogP contribution in [0.5, 0.6) is 5.75 Å². The van der Waals surface area contributed by atoms with Crippen LogP contribution in [0.2, 0.25) is 5.02 Å². The number of hydrogen-bond donors (Lipinski definition) is 1. The molecule has 2 aliphatic heterocycles. The fourth-order valence-corrected chi connectivity index (χ4v) is 4.41. The Labute approximate surface area is 182 Å². The molecule has 164 valence electrons. The zero-order valence-corrected chi connectivity index (χ0v) is 18.4. The summed E-state index contributed by atoms with van der Waals surface area (Å²) in [5.74, 6) is 0.210. The molecule has 3 amide bonds. The Bertz CT molecular complexity index is 793. The van der Waals surface area contributed by atoms with E-state index >= 15 is 0 Å². The van der Waals surface area contributed by atoms with Crippen molar-refractivity contribution in [2.24, 2.45) is 5.92 Å². The zero-order valence-electron chi connectivity index (χ0n) is 17.7. The van der Waals surface area contributed by atoms with E-state index in [2.05, 4.69) is 5.32 Å². The standard InChI is InChI=1S/C22H30ClN3O4/c1-3-10-24-20(27)15-8-12-25(13-9-15)22(29)18-5-4-11-26(18)21(28)17-14-16(23)6-7-19(17)30-2/h6-7,14-15,18H,3-5,8-13H2,1-2H3,(H,24,27)/t18-/m0/s1. The average Bonchev–Trinajstić information content (AvgIpc) is 3.26. The second kappa shape index (κ2) is 10.2. The lowest BCUT2D eigenvalue weighted by atomic mass is 9.95. The number of carbonyl (C=O) groups is 3. The molecular weight excluding hydrogens is 406 g/mol. The highest BCUT2D eigenvalue weighted by Gasteiger charge is 2.39. The third-order valence-electron chi connectivity index (χ3n) is 5.92. The predicted molar refractivity (Wildman–Crippen MR) is 115 cm³/mol. The summed E-state index contributed by atoms with van der Waals surface area (Å²) in [5, 5.41) is 3.39. The van der Waals surface area contributed by atoms with Gasteiger partial charge in [0.2, 0.25) is 11.8 Å². The molecule has 0 bridgehead atoms. The molecule has 1 aromatic rings. The van der Waals surface area contributed by atoms with E-state index < -0.39 is 6.04 Å². The number of benzene rings is 1. The Balaban J connectivity index is 1.65. The van der Waals surface area contributed by atoms with E-state index in [4.69, 9.17) is 16.3 Å². The molecule has 1 atom stereocenters. The van der Waals surface area contributed by atoms with Gasteiger partial charge in [-0.05, 0) is 50.3 Å². The van der Waals surface area contributed by atoms with Crippen molar-refractivity contribution in [2.45, 2.75) is 45.1 Å². The van der Waals surface area contributed by atoms with Crippen LogP contribution in [0.4, 0.5) is 0 Å². The first-order valence-corrected chi connectivity index (χ1v) is 11.0. The average molecular weight is 436 g/mol. The molecule has 2 aliphatic rings. The highest BCUT2D eigenvalue weighted by atomic mass is 35.5. The third-order valence-corrected chi connectivity index (χ3v) is 6.15. The van der Waals surface area contributed by atoms with Crippen LogP contribution in [-0.2, 0) is 9.59 Å². The van der Waals surface area contributed by atoms with Gasteiger partial charge in [-0.3, -0.25) is 14.4 Å². The summed E-state index contributed by atoms with van der Waals surface area (Å²) in [7, 11) is 1.51. The van der Waals surface area contributed by atoms with Crippen molar-refractivity contribution < 1.29 is 19.1 Å². The fourth-order valence-electron chi connectivity index (χ4n) is 4.23. The van der Waals surface area contributed by atoms with Crippen molar-refractivity contribution in [3.05, 3.63) is 28.8 Å².